The third-order valence-electron chi connectivity index (χ3n) is 4.47. The summed E-state index contributed by atoms with van der Waals surface area (Å²) in [5.41, 5.74) is 0. The maximum absolute atomic E-state index is 12.4. The van der Waals surface area contributed by atoms with E-state index in [1.807, 2.05) is 7.05 Å². The van der Waals surface area contributed by atoms with Crippen molar-refractivity contribution >= 4 is 40.7 Å². The van der Waals surface area contributed by atoms with Gasteiger partial charge in [0.1, 0.15) is 4.90 Å². The van der Waals surface area contributed by atoms with Crippen LogP contribution in [0.5, 0.6) is 0 Å². The average molecular weight is 427 g/mol. The van der Waals surface area contributed by atoms with E-state index in [9.17, 15) is 13.2 Å². The van der Waals surface area contributed by atoms with Crippen molar-refractivity contribution in [1.82, 2.24) is 19.5 Å². The number of hydrogen-bond acceptors (Lipinski definition) is 5. The zero-order chi connectivity index (χ0) is 17.6. The number of hydrogen-bond donors (Lipinski definition) is 1. The molecular formula is C16H28Cl2N4O3S. The van der Waals surface area contributed by atoms with Crippen LogP contribution in [0.15, 0.2) is 29.4 Å². The van der Waals surface area contributed by atoms with Gasteiger partial charge in [-0.15, -0.1) is 24.8 Å². The standard InChI is InChI=1S/C16H26N4O3S.2ClH/c1-17-9-5-14-6-10-20(11-7-14)16(21)13-19(2)24(22,23)15-4-3-8-18-12-15;;/h3-4,8,12,14,17H,5-7,9-11,13H2,1-2H3;2*1H. The molecule has 0 aromatic carbocycles. The molecule has 26 heavy (non-hydrogen) atoms. The summed E-state index contributed by atoms with van der Waals surface area (Å²) in [6.45, 7) is 2.26. The number of aromatic nitrogens is 1. The van der Waals surface area contributed by atoms with E-state index < -0.39 is 10.0 Å². The molecule has 1 saturated heterocycles. The van der Waals surface area contributed by atoms with Crippen LogP contribution in [0.4, 0.5) is 0 Å². The highest BCUT2D eigenvalue weighted by Gasteiger charge is 2.27. The van der Waals surface area contributed by atoms with Crippen molar-refractivity contribution < 1.29 is 13.2 Å². The summed E-state index contributed by atoms with van der Waals surface area (Å²) in [6.07, 6.45) is 5.89. The predicted molar refractivity (Wildman–Crippen MR) is 106 cm³/mol. The quantitative estimate of drug-likeness (QED) is 0.711. The van der Waals surface area contributed by atoms with Gasteiger partial charge in [0.15, 0.2) is 0 Å². The molecule has 1 amide bonds. The lowest BCUT2D eigenvalue weighted by Gasteiger charge is -2.33. The summed E-state index contributed by atoms with van der Waals surface area (Å²) >= 11 is 0. The number of pyridine rings is 1. The van der Waals surface area contributed by atoms with Gasteiger partial charge in [-0.3, -0.25) is 9.78 Å². The van der Waals surface area contributed by atoms with Gasteiger partial charge >= 0.3 is 0 Å². The normalized spacial score (nSPS) is 15.3. The van der Waals surface area contributed by atoms with Crippen LogP contribution >= 0.6 is 24.8 Å². The van der Waals surface area contributed by atoms with Crippen molar-refractivity contribution in [2.24, 2.45) is 5.92 Å². The predicted octanol–water partition coefficient (Wildman–Crippen LogP) is 1.39. The van der Waals surface area contributed by atoms with E-state index >= 15 is 0 Å². The van der Waals surface area contributed by atoms with Crippen LogP contribution in [0.25, 0.3) is 0 Å². The number of likely N-dealkylation sites (N-methyl/N-ethyl adjacent to an activating group) is 1. The molecule has 1 aliphatic rings. The summed E-state index contributed by atoms with van der Waals surface area (Å²) < 4.78 is 26.0. The number of nitrogens with one attached hydrogen (secondary N) is 1. The summed E-state index contributed by atoms with van der Waals surface area (Å²) in [4.78, 5) is 18.1. The van der Waals surface area contributed by atoms with E-state index in [0.717, 1.165) is 30.1 Å². The van der Waals surface area contributed by atoms with Crippen LogP contribution in [-0.2, 0) is 14.8 Å². The van der Waals surface area contributed by atoms with E-state index in [-0.39, 0.29) is 42.2 Å². The minimum Gasteiger partial charge on any atom is -0.342 e. The minimum atomic E-state index is -3.68. The molecule has 1 aromatic heterocycles. The molecule has 0 spiro atoms. The highest BCUT2D eigenvalue weighted by Crippen LogP contribution is 2.20. The van der Waals surface area contributed by atoms with E-state index in [1.54, 1.807) is 11.0 Å². The Bertz CT molecular complexity index is 638. The first-order chi connectivity index (χ1) is 11.4. The lowest BCUT2D eigenvalue weighted by Crippen LogP contribution is -2.44. The van der Waals surface area contributed by atoms with Crippen molar-refractivity contribution in [2.75, 3.05) is 40.3 Å². The third-order valence-corrected chi connectivity index (χ3v) is 6.26. The van der Waals surface area contributed by atoms with Crippen molar-refractivity contribution in [3.63, 3.8) is 0 Å². The number of sulfonamides is 1. The number of nitrogens with zero attached hydrogens (tertiary/aromatic N) is 3. The molecule has 1 N–H and O–H groups in total. The highest BCUT2D eigenvalue weighted by molar-refractivity contribution is 7.89. The Labute approximate surface area is 168 Å². The Balaban J connectivity index is 0.00000312. The van der Waals surface area contributed by atoms with Crippen LogP contribution in [0.3, 0.4) is 0 Å². The zero-order valence-electron chi connectivity index (χ0n) is 15.1. The van der Waals surface area contributed by atoms with Gasteiger partial charge in [-0.25, -0.2) is 8.42 Å². The van der Waals surface area contributed by atoms with Crippen molar-refractivity contribution in [3.05, 3.63) is 24.5 Å². The second-order valence-electron chi connectivity index (χ2n) is 6.17. The van der Waals surface area contributed by atoms with Crippen LogP contribution < -0.4 is 5.32 Å². The van der Waals surface area contributed by atoms with Gasteiger partial charge < -0.3 is 10.2 Å². The largest absolute Gasteiger partial charge is 0.342 e. The fraction of sp³-hybridized carbons (Fsp3) is 0.625. The smallest absolute Gasteiger partial charge is 0.244 e. The fourth-order valence-corrected chi connectivity index (χ4v) is 3.96. The van der Waals surface area contributed by atoms with Gasteiger partial charge in [0.25, 0.3) is 0 Å². The molecular weight excluding hydrogens is 399 g/mol. The first-order valence-electron chi connectivity index (χ1n) is 8.24. The van der Waals surface area contributed by atoms with Gasteiger partial charge in [0.2, 0.25) is 15.9 Å². The van der Waals surface area contributed by atoms with E-state index in [2.05, 4.69) is 10.3 Å². The number of halogens is 2. The lowest BCUT2D eigenvalue weighted by atomic mass is 9.93. The van der Waals surface area contributed by atoms with Crippen LogP contribution in [0.2, 0.25) is 0 Å². The molecule has 150 valence electrons. The third kappa shape index (κ3) is 6.66. The Morgan fingerprint density at radius 3 is 2.54 bits per heavy atom. The molecule has 1 aliphatic heterocycles. The molecule has 10 heteroatoms. The highest BCUT2D eigenvalue weighted by atomic mass is 35.5. The second kappa shape index (κ2) is 11.7. The van der Waals surface area contributed by atoms with Gasteiger partial charge in [0.05, 0.1) is 6.54 Å². The molecule has 0 atom stereocenters. The van der Waals surface area contributed by atoms with Crippen molar-refractivity contribution in [1.29, 1.82) is 0 Å². The zero-order valence-corrected chi connectivity index (χ0v) is 17.6. The number of carbonyl (C=O) groups excluding carboxylic acids is 1. The monoisotopic (exact) mass is 426 g/mol. The van der Waals surface area contributed by atoms with Gasteiger partial charge in [-0.1, -0.05) is 0 Å². The van der Waals surface area contributed by atoms with Crippen molar-refractivity contribution in [3.8, 4) is 0 Å². The van der Waals surface area contributed by atoms with Crippen LogP contribution in [-0.4, -0.2) is 68.8 Å². The number of piperidine rings is 1. The van der Waals surface area contributed by atoms with E-state index in [0.29, 0.717) is 19.0 Å². The Kier molecular flexibility index (Phi) is 11.3. The Hall–Kier alpha value is -0.930. The first kappa shape index (κ1) is 25.1. The molecule has 1 fully saturated rings. The Morgan fingerprint density at radius 2 is 2.00 bits per heavy atom. The summed E-state index contributed by atoms with van der Waals surface area (Å²) in [7, 11) is -0.308. The molecule has 0 radical (unpaired) electrons. The van der Waals surface area contributed by atoms with Gasteiger partial charge in [-0.2, -0.15) is 4.31 Å². The summed E-state index contributed by atoms with van der Waals surface area (Å²) in [5.74, 6) is 0.496. The number of carbonyl (C=O) groups is 1. The fourth-order valence-electron chi connectivity index (χ4n) is 2.87. The maximum Gasteiger partial charge on any atom is 0.244 e. The molecule has 7 nitrogen and oxygen atoms in total. The lowest BCUT2D eigenvalue weighted by molar-refractivity contribution is -0.132. The van der Waals surface area contributed by atoms with E-state index in [1.165, 1.54) is 25.5 Å². The Morgan fingerprint density at radius 1 is 1.35 bits per heavy atom. The molecule has 0 bridgehead atoms. The number of amides is 1. The second-order valence-corrected chi connectivity index (χ2v) is 8.21. The molecule has 2 heterocycles. The molecule has 0 saturated carbocycles. The molecule has 2 rings (SSSR count). The van der Waals surface area contributed by atoms with Gasteiger partial charge in [-0.05, 0) is 50.9 Å². The minimum absolute atomic E-state index is 0. The SMILES string of the molecule is CNCCC1CCN(C(=O)CN(C)S(=O)(=O)c2cccnc2)CC1.Cl.Cl. The van der Waals surface area contributed by atoms with Crippen LogP contribution in [0.1, 0.15) is 19.3 Å². The maximum atomic E-state index is 12.4. The number of rotatable bonds is 7. The van der Waals surface area contributed by atoms with Crippen LogP contribution in [0, 0.1) is 5.92 Å². The van der Waals surface area contributed by atoms with Crippen molar-refractivity contribution in [2.45, 2.75) is 24.2 Å². The summed E-state index contributed by atoms with van der Waals surface area (Å²) in [6, 6.07) is 3.05. The number of likely N-dealkylation sites (tertiary alicyclic amines) is 1. The molecule has 0 aliphatic carbocycles. The average Bonchev–Trinajstić information content (AvgIpc) is 2.61. The first-order valence-corrected chi connectivity index (χ1v) is 9.68. The summed E-state index contributed by atoms with van der Waals surface area (Å²) in [5, 5.41) is 3.15. The van der Waals surface area contributed by atoms with E-state index in [4.69, 9.17) is 0 Å². The topological polar surface area (TPSA) is 82.6 Å². The molecule has 1 aromatic rings. The van der Waals surface area contributed by atoms with Gasteiger partial charge in [0, 0.05) is 32.5 Å². The molecule has 0 unspecified atom stereocenters.